The molecule has 0 heterocycles. The van der Waals surface area contributed by atoms with Crippen LogP contribution in [-0.2, 0) is 8.85 Å². The monoisotopic (exact) mass is 220 g/mol. The van der Waals surface area contributed by atoms with Crippen molar-refractivity contribution in [2.45, 2.75) is 26.3 Å². The van der Waals surface area contributed by atoms with Crippen molar-refractivity contribution in [3.8, 4) is 0 Å². The standard InChI is InChI=1S/C9H24N2O2Si/c1-3-12-14(13-4-2)8-9(7-11)5-6-10/h9,14H,3-8,10-11H2,1-2H3. The van der Waals surface area contributed by atoms with E-state index in [0.29, 0.717) is 19.0 Å². The van der Waals surface area contributed by atoms with E-state index in [4.69, 9.17) is 20.3 Å². The highest BCUT2D eigenvalue weighted by atomic mass is 28.3. The summed E-state index contributed by atoms with van der Waals surface area (Å²) >= 11 is 0. The Hall–Kier alpha value is 0.0569. The van der Waals surface area contributed by atoms with Crippen molar-refractivity contribution < 1.29 is 8.85 Å². The van der Waals surface area contributed by atoms with E-state index < -0.39 is 9.28 Å². The molecular weight excluding hydrogens is 196 g/mol. The molecule has 0 aliphatic heterocycles. The zero-order chi connectivity index (χ0) is 10.8. The van der Waals surface area contributed by atoms with Crippen molar-refractivity contribution in [3.63, 3.8) is 0 Å². The Balaban J connectivity index is 3.83. The Morgan fingerprint density at radius 1 is 1.14 bits per heavy atom. The molecule has 0 bridgehead atoms. The van der Waals surface area contributed by atoms with Gasteiger partial charge in [-0.1, -0.05) is 0 Å². The normalized spacial score (nSPS) is 13.5. The second-order valence-corrected chi connectivity index (χ2v) is 5.25. The van der Waals surface area contributed by atoms with Crippen molar-refractivity contribution >= 4 is 9.28 Å². The summed E-state index contributed by atoms with van der Waals surface area (Å²) in [6, 6.07) is 0.982. The number of hydrogen-bond donors (Lipinski definition) is 2. The molecule has 0 aromatic carbocycles. The fourth-order valence-electron chi connectivity index (χ4n) is 1.40. The highest BCUT2D eigenvalue weighted by Crippen LogP contribution is 2.11. The van der Waals surface area contributed by atoms with Gasteiger partial charge in [0.25, 0.3) is 0 Å². The first-order chi connectivity index (χ1) is 6.78. The summed E-state index contributed by atoms with van der Waals surface area (Å²) in [5.41, 5.74) is 11.2. The van der Waals surface area contributed by atoms with Crippen LogP contribution >= 0.6 is 0 Å². The summed E-state index contributed by atoms with van der Waals surface area (Å²) in [5, 5.41) is 0. The van der Waals surface area contributed by atoms with Crippen molar-refractivity contribution in [2.75, 3.05) is 26.3 Å². The second kappa shape index (κ2) is 9.61. The Bertz CT molecular complexity index is 121. The lowest BCUT2D eigenvalue weighted by Gasteiger charge is -2.20. The third kappa shape index (κ3) is 6.50. The van der Waals surface area contributed by atoms with Crippen molar-refractivity contribution in [1.82, 2.24) is 0 Å². The van der Waals surface area contributed by atoms with E-state index in [1.807, 2.05) is 13.8 Å². The van der Waals surface area contributed by atoms with Crippen LogP contribution in [0.2, 0.25) is 6.04 Å². The molecule has 0 fully saturated rings. The van der Waals surface area contributed by atoms with Gasteiger partial charge in [-0.25, -0.2) is 0 Å². The van der Waals surface area contributed by atoms with Crippen molar-refractivity contribution in [2.24, 2.45) is 17.4 Å². The predicted molar refractivity (Wildman–Crippen MR) is 61.4 cm³/mol. The highest BCUT2D eigenvalue weighted by molar-refractivity contribution is 6.44. The summed E-state index contributed by atoms with van der Waals surface area (Å²) in [7, 11) is -1.48. The first-order valence-electron chi connectivity index (χ1n) is 5.41. The van der Waals surface area contributed by atoms with Gasteiger partial charge in [-0.3, -0.25) is 0 Å². The van der Waals surface area contributed by atoms with Crippen molar-refractivity contribution in [3.05, 3.63) is 0 Å². The molecule has 0 aliphatic rings. The predicted octanol–water partition coefficient (Wildman–Crippen LogP) is 0.204. The molecule has 5 heteroatoms. The van der Waals surface area contributed by atoms with Crippen LogP contribution in [0.3, 0.4) is 0 Å². The van der Waals surface area contributed by atoms with Crippen LogP contribution in [0.4, 0.5) is 0 Å². The molecule has 1 atom stereocenters. The maximum Gasteiger partial charge on any atom is 0.321 e. The molecule has 4 N–H and O–H groups in total. The Kier molecular flexibility index (Phi) is 9.64. The maximum atomic E-state index is 5.66. The average Bonchev–Trinajstić information content (AvgIpc) is 2.18. The van der Waals surface area contributed by atoms with Crippen LogP contribution < -0.4 is 11.5 Å². The minimum atomic E-state index is -1.48. The van der Waals surface area contributed by atoms with E-state index >= 15 is 0 Å². The van der Waals surface area contributed by atoms with Gasteiger partial charge >= 0.3 is 9.28 Å². The molecule has 0 aromatic heterocycles. The van der Waals surface area contributed by atoms with Crippen LogP contribution in [0.1, 0.15) is 20.3 Å². The molecule has 4 nitrogen and oxygen atoms in total. The summed E-state index contributed by atoms with van der Waals surface area (Å²) in [5.74, 6) is 0.467. The Morgan fingerprint density at radius 3 is 2.07 bits per heavy atom. The molecule has 0 radical (unpaired) electrons. The SMILES string of the molecule is CCO[SiH](CC(CN)CCN)OCC. The van der Waals surface area contributed by atoms with Gasteiger partial charge in [-0.15, -0.1) is 0 Å². The quantitative estimate of drug-likeness (QED) is 0.545. The maximum absolute atomic E-state index is 5.66. The molecule has 0 saturated heterocycles. The van der Waals surface area contributed by atoms with Crippen molar-refractivity contribution in [1.29, 1.82) is 0 Å². The minimum Gasteiger partial charge on any atom is -0.397 e. The van der Waals surface area contributed by atoms with E-state index in [9.17, 15) is 0 Å². The van der Waals surface area contributed by atoms with Crippen LogP contribution in [-0.4, -0.2) is 35.6 Å². The summed E-state index contributed by atoms with van der Waals surface area (Å²) in [6.45, 7) is 6.84. The molecule has 0 amide bonds. The molecule has 1 unspecified atom stereocenters. The molecule has 0 aromatic rings. The molecular formula is C9H24N2O2Si. The molecule has 0 rings (SSSR count). The second-order valence-electron chi connectivity index (χ2n) is 3.26. The fourth-order valence-corrected chi connectivity index (χ4v) is 3.48. The number of hydrogen-bond acceptors (Lipinski definition) is 4. The number of nitrogens with two attached hydrogens (primary N) is 2. The Labute approximate surface area is 88.8 Å². The topological polar surface area (TPSA) is 70.5 Å². The van der Waals surface area contributed by atoms with Gasteiger partial charge in [0.05, 0.1) is 0 Å². The van der Waals surface area contributed by atoms with Gasteiger partial charge in [0.2, 0.25) is 0 Å². The van der Waals surface area contributed by atoms with Gasteiger partial charge < -0.3 is 20.3 Å². The van der Waals surface area contributed by atoms with Crippen LogP contribution in [0.15, 0.2) is 0 Å². The third-order valence-electron chi connectivity index (χ3n) is 2.14. The Morgan fingerprint density at radius 2 is 1.71 bits per heavy atom. The van der Waals surface area contributed by atoms with Gasteiger partial charge in [-0.05, 0) is 45.3 Å². The molecule has 0 saturated carbocycles. The molecule has 0 spiro atoms. The largest absolute Gasteiger partial charge is 0.397 e. The van der Waals surface area contributed by atoms with Gasteiger partial charge in [0, 0.05) is 13.2 Å². The first kappa shape index (κ1) is 14.1. The van der Waals surface area contributed by atoms with E-state index in [0.717, 1.165) is 25.7 Å². The van der Waals surface area contributed by atoms with Crippen LogP contribution in [0.5, 0.6) is 0 Å². The summed E-state index contributed by atoms with van der Waals surface area (Å²) in [4.78, 5) is 0. The summed E-state index contributed by atoms with van der Waals surface area (Å²) in [6.07, 6.45) is 0.972. The minimum absolute atomic E-state index is 0.467. The van der Waals surface area contributed by atoms with Gasteiger partial charge in [0.1, 0.15) is 0 Å². The van der Waals surface area contributed by atoms with E-state index in [-0.39, 0.29) is 0 Å². The molecule has 86 valence electrons. The van der Waals surface area contributed by atoms with E-state index in [1.54, 1.807) is 0 Å². The molecule has 0 aliphatic carbocycles. The van der Waals surface area contributed by atoms with Gasteiger partial charge in [-0.2, -0.15) is 0 Å². The zero-order valence-electron chi connectivity index (χ0n) is 9.37. The third-order valence-corrected chi connectivity index (χ3v) is 4.60. The van der Waals surface area contributed by atoms with E-state index in [2.05, 4.69) is 0 Å². The van der Waals surface area contributed by atoms with Crippen LogP contribution in [0.25, 0.3) is 0 Å². The lowest BCUT2D eigenvalue weighted by molar-refractivity contribution is 0.208. The van der Waals surface area contributed by atoms with E-state index in [1.165, 1.54) is 0 Å². The average molecular weight is 220 g/mol. The lowest BCUT2D eigenvalue weighted by atomic mass is 10.1. The van der Waals surface area contributed by atoms with Gasteiger partial charge in [0.15, 0.2) is 0 Å². The highest BCUT2D eigenvalue weighted by Gasteiger charge is 2.18. The number of rotatable bonds is 9. The first-order valence-corrected chi connectivity index (χ1v) is 7.17. The fraction of sp³-hybridized carbons (Fsp3) is 1.00. The smallest absolute Gasteiger partial charge is 0.321 e. The summed E-state index contributed by atoms with van der Waals surface area (Å²) < 4.78 is 11.2. The lowest BCUT2D eigenvalue weighted by Crippen LogP contribution is -2.30. The molecule has 14 heavy (non-hydrogen) atoms. The zero-order valence-corrected chi connectivity index (χ0v) is 10.5. The van der Waals surface area contributed by atoms with Crippen LogP contribution in [0, 0.1) is 5.92 Å².